The molecule has 0 aliphatic carbocycles. The van der Waals surface area contributed by atoms with Crippen LogP contribution in [0.3, 0.4) is 0 Å². The summed E-state index contributed by atoms with van der Waals surface area (Å²) in [5.74, 6) is -0.0723. The van der Waals surface area contributed by atoms with Crippen molar-refractivity contribution in [1.29, 1.82) is 0 Å². The summed E-state index contributed by atoms with van der Waals surface area (Å²) in [5, 5.41) is 12.8. The van der Waals surface area contributed by atoms with Crippen LogP contribution in [0, 0.1) is 0 Å². The van der Waals surface area contributed by atoms with Crippen molar-refractivity contribution >= 4 is 16.8 Å². The lowest BCUT2D eigenvalue weighted by molar-refractivity contribution is 0.0936. The standard InChI is InChI=1S/C14H18N2O2/c1-10(3-2-8-17)16-14(18)12-5-4-11-6-7-15-13(11)9-12/h4-7,9-10,15,17H,2-3,8H2,1H3,(H,16,18). The Morgan fingerprint density at radius 3 is 3.06 bits per heavy atom. The van der Waals surface area contributed by atoms with Gasteiger partial charge < -0.3 is 15.4 Å². The molecular formula is C14H18N2O2. The molecule has 1 amide bonds. The summed E-state index contributed by atoms with van der Waals surface area (Å²) in [7, 11) is 0. The number of nitrogens with one attached hydrogen (secondary N) is 2. The van der Waals surface area contributed by atoms with Gasteiger partial charge in [-0.3, -0.25) is 4.79 Å². The minimum Gasteiger partial charge on any atom is -0.396 e. The zero-order valence-electron chi connectivity index (χ0n) is 10.4. The molecule has 0 aliphatic heterocycles. The number of H-pyrrole nitrogens is 1. The van der Waals surface area contributed by atoms with Crippen LogP contribution in [0.4, 0.5) is 0 Å². The average Bonchev–Trinajstić information content (AvgIpc) is 2.83. The SMILES string of the molecule is CC(CCCO)NC(=O)c1ccc2cc[nH]c2c1. The van der Waals surface area contributed by atoms with Crippen molar-refractivity contribution in [3.8, 4) is 0 Å². The van der Waals surface area contributed by atoms with Crippen molar-refractivity contribution in [1.82, 2.24) is 10.3 Å². The Morgan fingerprint density at radius 1 is 1.44 bits per heavy atom. The second-order valence-electron chi connectivity index (χ2n) is 4.52. The van der Waals surface area contributed by atoms with E-state index >= 15 is 0 Å². The lowest BCUT2D eigenvalue weighted by Crippen LogP contribution is -2.32. The van der Waals surface area contributed by atoms with Crippen LogP contribution in [0.2, 0.25) is 0 Å². The van der Waals surface area contributed by atoms with E-state index in [1.807, 2.05) is 37.4 Å². The minimum atomic E-state index is -0.0723. The highest BCUT2D eigenvalue weighted by atomic mass is 16.2. The van der Waals surface area contributed by atoms with E-state index in [9.17, 15) is 4.79 Å². The average molecular weight is 246 g/mol. The highest BCUT2D eigenvalue weighted by Gasteiger charge is 2.10. The van der Waals surface area contributed by atoms with Crippen molar-refractivity contribution in [3.05, 3.63) is 36.0 Å². The molecule has 1 aromatic heterocycles. The molecule has 4 nitrogen and oxygen atoms in total. The summed E-state index contributed by atoms with van der Waals surface area (Å²) in [6.45, 7) is 2.11. The van der Waals surface area contributed by atoms with Gasteiger partial charge in [0.25, 0.3) is 5.91 Å². The van der Waals surface area contributed by atoms with Crippen molar-refractivity contribution in [3.63, 3.8) is 0 Å². The number of aromatic amines is 1. The Morgan fingerprint density at radius 2 is 2.28 bits per heavy atom. The molecule has 0 saturated carbocycles. The zero-order valence-corrected chi connectivity index (χ0v) is 10.4. The largest absolute Gasteiger partial charge is 0.396 e. The van der Waals surface area contributed by atoms with Gasteiger partial charge in [0.05, 0.1) is 0 Å². The van der Waals surface area contributed by atoms with Crippen molar-refractivity contribution in [2.24, 2.45) is 0 Å². The van der Waals surface area contributed by atoms with Crippen LogP contribution in [0.15, 0.2) is 30.5 Å². The molecule has 1 aromatic carbocycles. The van der Waals surface area contributed by atoms with E-state index in [2.05, 4.69) is 10.3 Å². The summed E-state index contributed by atoms with van der Waals surface area (Å²) in [6.07, 6.45) is 3.35. The Kier molecular flexibility index (Phi) is 3.99. The first kappa shape index (κ1) is 12.6. The monoisotopic (exact) mass is 246 g/mol. The molecule has 0 aliphatic rings. The fourth-order valence-electron chi connectivity index (χ4n) is 1.97. The summed E-state index contributed by atoms with van der Waals surface area (Å²) in [4.78, 5) is 15.1. The smallest absolute Gasteiger partial charge is 0.251 e. The number of benzene rings is 1. The van der Waals surface area contributed by atoms with Crippen LogP contribution in [-0.4, -0.2) is 28.6 Å². The first-order valence-electron chi connectivity index (χ1n) is 6.19. The van der Waals surface area contributed by atoms with Gasteiger partial charge in [-0.25, -0.2) is 0 Å². The van der Waals surface area contributed by atoms with Crippen LogP contribution < -0.4 is 5.32 Å². The van der Waals surface area contributed by atoms with E-state index in [-0.39, 0.29) is 18.6 Å². The maximum atomic E-state index is 12.0. The summed E-state index contributed by atoms with van der Waals surface area (Å²) < 4.78 is 0. The van der Waals surface area contributed by atoms with Gasteiger partial charge in [-0.2, -0.15) is 0 Å². The van der Waals surface area contributed by atoms with Crippen LogP contribution in [-0.2, 0) is 0 Å². The van der Waals surface area contributed by atoms with E-state index in [0.717, 1.165) is 17.3 Å². The molecule has 1 unspecified atom stereocenters. The molecule has 2 rings (SSSR count). The van der Waals surface area contributed by atoms with Crippen LogP contribution in [0.5, 0.6) is 0 Å². The molecule has 0 fully saturated rings. The molecule has 1 atom stereocenters. The van der Waals surface area contributed by atoms with E-state index in [1.54, 1.807) is 0 Å². The highest BCUT2D eigenvalue weighted by molar-refractivity contribution is 5.98. The molecule has 0 saturated heterocycles. The third-order valence-electron chi connectivity index (χ3n) is 2.99. The molecule has 18 heavy (non-hydrogen) atoms. The third-order valence-corrected chi connectivity index (χ3v) is 2.99. The van der Waals surface area contributed by atoms with E-state index in [4.69, 9.17) is 5.11 Å². The Balaban J connectivity index is 2.03. The molecule has 0 bridgehead atoms. The lowest BCUT2D eigenvalue weighted by Gasteiger charge is -2.13. The van der Waals surface area contributed by atoms with Crippen LogP contribution >= 0.6 is 0 Å². The second kappa shape index (κ2) is 5.69. The number of amides is 1. The number of aromatic nitrogens is 1. The van der Waals surface area contributed by atoms with E-state index in [0.29, 0.717) is 12.0 Å². The van der Waals surface area contributed by atoms with Gasteiger partial charge in [0, 0.05) is 29.9 Å². The number of rotatable bonds is 5. The van der Waals surface area contributed by atoms with Crippen molar-refractivity contribution in [2.75, 3.05) is 6.61 Å². The Bertz CT molecular complexity index is 533. The number of hydrogen-bond acceptors (Lipinski definition) is 2. The predicted molar refractivity (Wildman–Crippen MR) is 71.5 cm³/mol. The van der Waals surface area contributed by atoms with E-state index < -0.39 is 0 Å². The lowest BCUT2D eigenvalue weighted by atomic mass is 10.1. The van der Waals surface area contributed by atoms with Gasteiger partial charge in [0.1, 0.15) is 0 Å². The second-order valence-corrected chi connectivity index (χ2v) is 4.52. The predicted octanol–water partition coefficient (Wildman–Crippen LogP) is 2.06. The van der Waals surface area contributed by atoms with Gasteiger partial charge in [-0.1, -0.05) is 6.07 Å². The van der Waals surface area contributed by atoms with E-state index in [1.165, 1.54) is 0 Å². The normalized spacial score (nSPS) is 12.6. The molecule has 1 heterocycles. The van der Waals surface area contributed by atoms with Gasteiger partial charge in [-0.15, -0.1) is 0 Å². The van der Waals surface area contributed by atoms with Crippen LogP contribution in [0.1, 0.15) is 30.1 Å². The van der Waals surface area contributed by atoms with Gasteiger partial charge >= 0.3 is 0 Å². The summed E-state index contributed by atoms with van der Waals surface area (Å²) in [5.41, 5.74) is 1.62. The number of aliphatic hydroxyl groups is 1. The molecule has 0 spiro atoms. The van der Waals surface area contributed by atoms with Crippen molar-refractivity contribution < 1.29 is 9.90 Å². The maximum Gasteiger partial charge on any atom is 0.251 e. The Hall–Kier alpha value is -1.81. The number of carbonyl (C=O) groups excluding carboxylic acids is 1. The Labute approximate surface area is 106 Å². The number of aliphatic hydroxyl groups excluding tert-OH is 1. The highest BCUT2D eigenvalue weighted by Crippen LogP contribution is 2.14. The summed E-state index contributed by atoms with van der Waals surface area (Å²) >= 11 is 0. The first-order valence-corrected chi connectivity index (χ1v) is 6.19. The number of fused-ring (bicyclic) bond motifs is 1. The van der Waals surface area contributed by atoms with Gasteiger partial charge in [-0.05, 0) is 43.4 Å². The molecular weight excluding hydrogens is 228 g/mol. The fourth-order valence-corrected chi connectivity index (χ4v) is 1.97. The minimum absolute atomic E-state index is 0.0723. The molecule has 96 valence electrons. The fraction of sp³-hybridized carbons (Fsp3) is 0.357. The molecule has 4 heteroatoms. The topological polar surface area (TPSA) is 65.1 Å². The summed E-state index contributed by atoms with van der Waals surface area (Å²) in [6, 6.07) is 7.65. The van der Waals surface area contributed by atoms with Gasteiger partial charge in [0.15, 0.2) is 0 Å². The third kappa shape index (κ3) is 2.90. The molecule has 3 N–H and O–H groups in total. The van der Waals surface area contributed by atoms with Crippen LogP contribution in [0.25, 0.3) is 10.9 Å². The van der Waals surface area contributed by atoms with Gasteiger partial charge in [0.2, 0.25) is 0 Å². The molecule has 0 radical (unpaired) electrons. The van der Waals surface area contributed by atoms with Crippen molar-refractivity contribution in [2.45, 2.75) is 25.8 Å². The molecule has 2 aromatic rings. The zero-order chi connectivity index (χ0) is 13.0. The quantitative estimate of drug-likeness (QED) is 0.756. The number of hydrogen-bond donors (Lipinski definition) is 3. The first-order chi connectivity index (χ1) is 8.70. The number of carbonyl (C=O) groups is 1. The maximum absolute atomic E-state index is 12.0.